The van der Waals surface area contributed by atoms with E-state index in [1.165, 1.54) is 5.56 Å². The highest BCUT2D eigenvalue weighted by molar-refractivity contribution is 6.36. The number of carbonyl (C=O) groups is 2. The third kappa shape index (κ3) is 7.75. The molecule has 1 N–H and O–H groups in total. The van der Waals surface area contributed by atoms with Crippen LogP contribution in [0.15, 0.2) is 42.5 Å². The summed E-state index contributed by atoms with van der Waals surface area (Å²) in [4.78, 5) is 28.1. The van der Waals surface area contributed by atoms with Crippen molar-refractivity contribution in [2.45, 2.75) is 84.8 Å². The highest BCUT2D eigenvalue weighted by Crippen LogP contribution is 2.27. The van der Waals surface area contributed by atoms with E-state index < -0.39 is 6.04 Å². The summed E-state index contributed by atoms with van der Waals surface area (Å²) in [5.74, 6) is 0.223. The number of rotatable bonds is 11. The van der Waals surface area contributed by atoms with Crippen molar-refractivity contribution in [1.29, 1.82) is 0 Å². The van der Waals surface area contributed by atoms with Crippen LogP contribution in [0.2, 0.25) is 10.0 Å². The minimum atomic E-state index is -0.595. The van der Waals surface area contributed by atoms with E-state index in [4.69, 9.17) is 23.2 Å². The van der Waals surface area contributed by atoms with Crippen LogP contribution in [0.5, 0.6) is 0 Å². The molecule has 0 heterocycles. The summed E-state index contributed by atoms with van der Waals surface area (Å²) in [7, 11) is 0. The number of amides is 2. The molecule has 0 aromatic heterocycles. The average molecular weight is 492 g/mol. The molecule has 0 aliphatic rings. The third-order valence-electron chi connectivity index (χ3n) is 6.05. The first-order chi connectivity index (χ1) is 15.7. The van der Waals surface area contributed by atoms with Crippen LogP contribution in [-0.2, 0) is 22.6 Å². The predicted octanol–water partition coefficient (Wildman–Crippen LogP) is 6.77. The van der Waals surface area contributed by atoms with Crippen molar-refractivity contribution in [3.63, 3.8) is 0 Å². The SMILES string of the molecule is CCC(C)NC(=O)C(CC)N(Cc1c(Cl)cccc1Cl)C(=O)CCc1ccc(C(C)C)cc1. The van der Waals surface area contributed by atoms with Gasteiger partial charge in [-0.1, -0.05) is 81.2 Å². The molecular weight excluding hydrogens is 455 g/mol. The normalized spacial score (nSPS) is 13.0. The molecule has 2 amide bonds. The Morgan fingerprint density at radius 1 is 0.939 bits per heavy atom. The Labute approximate surface area is 208 Å². The van der Waals surface area contributed by atoms with Gasteiger partial charge >= 0.3 is 0 Å². The van der Waals surface area contributed by atoms with Crippen molar-refractivity contribution in [3.8, 4) is 0 Å². The Hall–Kier alpha value is -2.04. The second-order valence-corrected chi connectivity index (χ2v) is 9.67. The largest absolute Gasteiger partial charge is 0.352 e. The van der Waals surface area contributed by atoms with E-state index in [1.54, 1.807) is 23.1 Å². The van der Waals surface area contributed by atoms with Crippen molar-refractivity contribution in [1.82, 2.24) is 10.2 Å². The van der Waals surface area contributed by atoms with Crippen molar-refractivity contribution in [3.05, 3.63) is 69.2 Å². The van der Waals surface area contributed by atoms with Crippen molar-refractivity contribution < 1.29 is 9.59 Å². The zero-order chi connectivity index (χ0) is 24.5. The first-order valence-electron chi connectivity index (χ1n) is 11.8. The van der Waals surface area contributed by atoms with Gasteiger partial charge < -0.3 is 10.2 Å². The zero-order valence-corrected chi connectivity index (χ0v) is 21.8. The van der Waals surface area contributed by atoms with Crippen molar-refractivity contribution >= 4 is 35.0 Å². The van der Waals surface area contributed by atoms with E-state index in [2.05, 4.69) is 43.4 Å². The number of nitrogens with one attached hydrogen (secondary N) is 1. The molecule has 2 unspecified atom stereocenters. The lowest BCUT2D eigenvalue weighted by Crippen LogP contribution is -2.50. The van der Waals surface area contributed by atoms with Gasteiger partial charge in [-0.3, -0.25) is 9.59 Å². The molecule has 0 saturated heterocycles. The van der Waals surface area contributed by atoms with Crippen LogP contribution >= 0.6 is 23.2 Å². The smallest absolute Gasteiger partial charge is 0.243 e. The first kappa shape index (κ1) is 27.2. The lowest BCUT2D eigenvalue weighted by atomic mass is 10.00. The van der Waals surface area contributed by atoms with E-state index in [0.717, 1.165) is 12.0 Å². The van der Waals surface area contributed by atoms with Crippen LogP contribution in [0, 0.1) is 0 Å². The van der Waals surface area contributed by atoms with Crippen LogP contribution in [0.1, 0.15) is 76.5 Å². The predicted molar refractivity (Wildman–Crippen MR) is 138 cm³/mol. The molecule has 0 bridgehead atoms. The Kier molecular flexibility index (Phi) is 10.7. The summed E-state index contributed by atoms with van der Waals surface area (Å²) in [6.45, 7) is 10.4. The van der Waals surface area contributed by atoms with Crippen LogP contribution in [0.4, 0.5) is 0 Å². The second kappa shape index (κ2) is 13.0. The van der Waals surface area contributed by atoms with Gasteiger partial charge in [0, 0.05) is 34.6 Å². The molecule has 6 heteroatoms. The standard InChI is InChI=1S/C27H36Cl2N2O2/c1-6-19(5)30-27(33)25(7-2)31(17-22-23(28)9-8-10-24(22)29)26(32)16-13-20-11-14-21(15-12-20)18(3)4/h8-12,14-15,18-19,25H,6-7,13,16-17H2,1-5H3,(H,30,33). The summed E-state index contributed by atoms with van der Waals surface area (Å²) >= 11 is 12.8. The summed E-state index contributed by atoms with van der Waals surface area (Å²) < 4.78 is 0. The molecule has 2 atom stereocenters. The van der Waals surface area contributed by atoms with Gasteiger partial charge in [-0.2, -0.15) is 0 Å². The Morgan fingerprint density at radius 3 is 2.06 bits per heavy atom. The minimum absolute atomic E-state index is 0.0341. The van der Waals surface area contributed by atoms with Gasteiger partial charge in [0.15, 0.2) is 0 Å². The monoisotopic (exact) mass is 490 g/mol. The van der Waals surface area contributed by atoms with Crippen LogP contribution < -0.4 is 5.32 Å². The maximum absolute atomic E-state index is 13.4. The van der Waals surface area contributed by atoms with Gasteiger partial charge in [-0.15, -0.1) is 0 Å². The van der Waals surface area contributed by atoms with Gasteiger partial charge in [0.1, 0.15) is 6.04 Å². The number of aryl methyl sites for hydroxylation is 1. The Bertz CT molecular complexity index is 908. The Balaban J connectivity index is 2.26. The molecule has 2 aromatic rings. The molecule has 0 fully saturated rings. The fourth-order valence-corrected chi connectivity index (χ4v) is 4.20. The van der Waals surface area contributed by atoms with Gasteiger partial charge in [0.2, 0.25) is 11.8 Å². The molecule has 0 saturated carbocycles. The summed E-state index contributed by atoms with van der Waals surface area (Å²) in [6.07, 6.45) is 2.22. The number of nitrogens with zero attached hydrogens (tertiary/aromatic N) is 1. The third-order valence-corrected chi connectivity index (χ3v) is 6.76. The van der Waals surface area contributed by atoms with E-state index in [0.29, 0.717) is 40.8 Å². The molecule has 180 valence electrons. The summed E-state index contributed by atoms with van der Waals surface area (Å²) in [5, 5.41) is 4.00. The summed E-state index contributed by atoms with van der Waals surface area (Å²) in [6, 6.07) is 13.1. The van der Waals surface area contributed by atoms with E-state index in [9.17, 15) is 9.59 Å². The highest BCUT2D eigenvalue weighted by Gasteiger charge is 2.30. The Morgan fingerprint density at radius 2 is 1.55 bits per heavy atom. The highest BCUT2D eigenvalue weighted by atomic mass is 35.5. The minimum Gasteiger partial charge on any atom is -0.352 e. The van der Waals surface area contributed by atoms with E-state index in [-0.39, 0.29) is 24.4 Å². The number of benzene rings is 2. The fraction of sp³-hybridized carbons (Fsp3) is 0.481. The molecule has 0 radical (unpaired) electrons. The van der Waals surface area contributed by atoms with Gasteiger partial charge in [0.25, 0.3) is 0 Å². The number of hydrogen-bond donors (Lipinski definition) is 1. The van der Waals surface area contributed by atoms with Gasteiger partial charge in [0.05, 0.1) is 0 Å². The van der Waals surface area contributed by atoms with Crippen molar-refractivity contribution in [2.75, 3.05) is 0 Å². The maximum atomic E-state index is 13.4. The second-order valence-electron chi connectivity index (χ2n) is 8.86. The fourth-order valence-electron chi connectivity index (χ4n) is 3.68. The maximum Gasteiger partial charge on any atom is 0.243 e. The van der Waals surface area contributed by atoms with Crippen LogP contribution in [0.3, 0.4) is 0 Å². The summed E-state index contributed by atoms with van der Waals surface area (Å²) in [5.41, 5.74) is 3.03. The topological polar surface area (TPSA) is 49.4 Å². The average Bonchev–Trinajstić information content (AvgIpc) is 2.79. The lowest BCUT2D eigenvalue weighted by molar-refractivity contribution is -0.141. The molecule has 2 rings (SSSR count). The van der Waals surface area contributed by atoms with Crippen LogP contribution in [-0.4, -0.2) is 28.8 Å². The number of hydrogen-bond acceptors (Lipinski definition) is 2. The van der Waals surface area contributed by atoms with Gasteiger partial charge in [-0.25, -0.2) is 0 Å². The van der Waals surface area contributed by atoms with Gasteiger partial charge in [-0.05, 0) is 55.4 Å². The zero-order valence-electron chi connectivity index (χ0n) is 20.3. The number of halogens is 2. The van der Waals surface area contributed by atoms with E-state index in [1.807, 2.05) is 20.8 Å². The number of carbonyl (C=O) groups excluding carboxylic acids is 2. The first-order valence-corrected chi connectivity index (χ1v) is 12.5. The molecule has 2 aromatic carbocycles. The molecule has 0 spiro atoms. The molecule has 0 aliphatic carbocycles. The van der Waals surface area contributed by atoms with Crippen molar-refractivity contribution in [2.24, 2.45) is 0 Å². The lowest BCUT2D eigenvalue weighted by Gasteiger charge is -2.32. The molecule has 4 nitrogen and oxygen atoms in total. The van der Waals surface area contributed by atoms with Crippen LogP contribution in [0.25, 0.3) is 0 Å². The molecule has 33 heavy (non-hydrogen) atoms. The van der Waals surface area contributed by atoms with E-state index >= 15 is 0 Å². The quantitative estimate of drug-likeness (QED) is 0.377. The molecular formula is C27H36Cl2N2O2. The molecule has 0 aliphatic heterocycles.